The first kappa shape index (κ1) is 15.4. The Hall–Kier alpha value is -1.99. The summed E-state index contributed by atoms with van der Waals surface area (Å²) in [7, 11) is 0. The van der Waals surface area contributed by atoms with Gasteiger partial charge >= 0.3 is 12.1 Å². The molecule has 1 N–H and O–H groups in total. The predicted octanol–water partition coefficient (Wildman–Crippen LogP) is 1.99. The lowest BCUT2D eigenvalue weighted by atomic mass is 9.86. The molecule has 116 valence electrons. The lowest BCUT2D eigenvalue weighted by Gasteiger charge is -2.27. The summed E-state index contributed by atoms with van der Waals surface area (Å²) in [6.07, 6.45) is -3.86. The average molecular weight is 304 g/mol. The first-order valence-electron chi connectivity index (χ1n) is 6.47. The molecule has 1 fully saturated rings. The number of carboxylic acid groups (broad SMARTS) is 1. The van der Waals surface area contributed by atoms with Gasteiger partial charge in [-0.3, -0.25) is 9.59 Å². The Balaban J connectivity index is 2.26. The highest BCUT2D eigenvalue weighted by Crippen LogP contribution is 2.45. The van der Waals surface area contributed by atoms with E-state index in [4.69, 9.17) is 5.11 Å². The fourth-order valence-electron chi connectivity index (χ4n) is 2.56. The molecule has 1 amide bonds. The quantitative estimate of drug-likeness (QED) is 0.929. The van der Waals surface area contributed by atoms with Crippen molar-refractivity contribution in [3.05, 3.63) is 24.0 Å². The third-order valence-corrected chi connectivity index (χ3v) is 3.90. The molecule has 2 rings (SSSR count). The van der Waals surface area contributed by atoms with Crippen molar-refractivity contribution in [2.45, 2.75) is 26.1 Å². The molecule has 0 bridgehead atoms. The van der Waals surface area contributed by atoms with Crippen molar-refractivity contribution in [2.75, 3.05) is 13.1 Å². The number of carbonyl (C=O) groups is 2. The van der Waals surface area contributed by atoms with E-state index in [-0.39, 0.29) is 12.2 Å². The topological polar surface area (TPSA) is 62.5 Å². The number of aryl methyl sites for hydroxylation is 1. The second-order valence-corrected chi connectivity index (χ2v) is 5.04. The number of halogens is 3. The highest BCUT2D eigenvalue weighted by Gasteiger charge is 2.64. The molecule has 1 aliphatic heterocycles. The number of carboxylic acids is 1. The number of likely N-dealkylation sites (tertiary alicyclic amines) is 1. The van der Waals surface area contributed by atoms with Crippen LogP contribution in [0.3, 0.4) is 0 Å². The standard InChI is InChI=1S/C13H15F3N2O3/c1-2-17-6-3-4-9(17)10(19)18-7-5-12(8-18,11(20)21)13(14,15)16/h3-4,6H,2,5,7-8H2,1H3,(H,20,21). The SMILES string of the molecule is CCn1cccc1C(=O)N1CCC(C(=O)O)(C(F)(F)F)C1. The van der Waals surface area contributed by atoms with Gasteiger partial charge in [0.2, 0.25) is 0 Å². The largest absolute Gasteiger partial charge is 0.481 e. The van der Waals surface area contributed by atoms with Gasteiger partial charge in [-0.2, -0.15) is 13.2 Å². The third kappa shape index (κ3) is 2.38. The zero-order valence-corrected chi connectivity index (χ0v) is 11.4. The van der Waals surface area contributed by atoms with Crippen LogP contribution in [0.2, 0.25) is 0 Å². The van der Waals surface area contributed by atoms with Crippen LogP contribution in [0.1, 0.15) is 23.8 Å². The molecule has 1 aromatic heterocycles. The molecule has 0 radical (unpaired) electrons. The summed E-state index contributed by atoms with van der Waals surface area (Å²) in [6.45, 7) is 1.24. The fourth-order valence-corrected chi connectivity index (χ4v) is 2.56. The molecule has 21 heavy (non-hydrogen) atoms. The van der Waals surface area contributed by atoms with Gasteiger partial charge in [-0.15, -0.1) is 0 Å². The molecule has 8 heteroatoms. The monoisotopic (exact) mass is 304 g/mol. The maximum absolute atomic E-state index is 13.1. The van der Waals surface area contributed by atoms with Crippen molar-refractivity contribution in [3.8, 4) is 0 Å². The second kappa shape index (κ2) is 5.09. The third-order valence-electron chi connectivity index (χ3n) is 3.90. The fraction of sp³-hybridized carbons (Fsp3) is 0.538. The van der Waals surface area contributed by atoms with Gasteiger partial charge in [0.15, 0.2) is 5.41 Å². The molecule has 2 heterocycles. The van der Waals surface area contributed by atoms with Gasteiger partial charge in [-0.25, -0.2) is 0 Å². The van der Waals surface area contributed by atoms with Crippen LogP contribution < -0.4 is 0 Å². The molecule has 0 aliphatic carbocycles. The molecule has 1 saturated heterocycles. The molecule has 0 spiro atoms. The Morgan fingerprint density at radius 2 is 2.10 bits per heavy atom. The maximum Gasteiger partial charge on any atom is 0.406 e. The number of rotatable bonds is 3. The van der Waals surface area contributed by atoms with E-state index in [1.807, 2.05) is 0 Å². The van der Waals surface area contributed by atoms with Gasteiger partial charge < -0.3 is 14.6 Å². The molecule has 5 nitrogen and oxygen atoms in total. The first-order chi connectivity index (χ1) is 9.73. The molecule has 1 aliphatic rings. The molecule has 1 atom stereocenters. The van der Waals surface area contributed by atoms with Crippen LogP contribution >= 0.6 is 0 Å². The van der Waals surface area contributed by atoms with Gasteiger partial charge in [-0.05, 0) is 25.5 Å². The van der Waals surface area contributed by atoms with E-state index < -0.39 is 36.4 Å². The lowest BCUT2D eigenvalue weighted by Crippen LogP contribution is -2.47. The van der Waals surface area contributed by atoms with Gasteiger partial charge in [0, 0.05) is 25.8 Å². The molecular weight excluding hydrogens is 289 g/mol. The Kier molecular flexibility index (Phi) is 3.73. The van der Waals surface area contributed by atoms with E-state index in [1.54, 1.807) is 23.8 Å². The average Bonchev–Trinajstić information content (AvgIpc) is 3.04. The summed E-state index contributed by atoms with van der Waals surface area (Å²) in [6, 6.07) is 3.14. The van der Waals surface area contributed by atoms with E-state index in [2.05, 4.69) is 0 Å². The number of alkyl halides is 3. The number of hydrogen-bond donors (Lipinski definition) is 1. The maximum atomic E-state index is 13.1. The van der Waals surface area contributed by atoms with Crippen molar-refractivity contribution in [1.29, 1.82) is 0 Å². The zero-order chi connectivity index (χ0) is 15.8. The van der Waals surface area contributed by atoms with E-state index in [0.29, 0.717) is 6.54 Å². The van der Waals surface area contributed by atoms with Crippen LogP contribution in [-0.4, -0.2) is 45.7 Å². The van der Waals surface area contributed by atoms with Gasteiger partial charge in [0.1, 0.15) is 5.69 Å². The minimum Gasteiger partial charge on any atom is -0.481 e. The summed E-state index contributed by atoms with van der Waals surface area (Å²) in [5, 5.41) is 8.97. The number of aromatic nitrogens is 1. The summed E-state index contributed by atoms with van der Waals surface area (Å²) in [4.78, 5) is 24.3. The van der Waals surface area contributed by atoms with Crippen LogP contribution in [0.4, 0.5) is 13.2 Å². The molecule has 1 unspecified atom stereocenters. The Labute approximate surface area is 119 Å². The number of nitrogens with zero attached hydrogens (tertiary/aromatic N) is 2. The predicted molar refractivity (Wildman–Crippen MR) is 66.8 cm³/mol. The van der Waals surface area contributed by atoms with Crippen LogP contribution in [0, 0.1) is 5.41 Å². The van der Waals surface area contributed by atoms with Crippen LogP contribution in [0.15, 0.2) is 18.3 Å². The highest BCUT2D eigenvalue weighted by atomic mass is 19.4. The zero-order valence-electron chi connectivity index (χ0n) is 11.4. The van der Waals surface area contributed by atoms with E-state index in [1.165, 1.54) is 6.07 Å². The Morgan fingerprint density at radius 3 is 2.57 bits per heavy atom. The van der Waals surface area contributed by atoms with Gasteiger partial charge in [-0.1, -0.05) is 0 Å². The minimum atomic E-state index is -4.89. The number of hydrogen-bond acceptors (Lipinski definition) is 2. The number of amides is 1. The lowest BCUT2D eigenvalue weighted by molar-refractivity contribution is -0.227. The second-order valence-electron chi connectivity index (χ2n) is 5.04. The summed E-state index contributed by atoms with van der Waals surface area (Å²) < 4.78 is 40.8. The Bertz CT molecular complexity index is 567. The van der Waals surface area contributed by atoms with E-state index in [0.717, 1.165) is 4.90 Å². The first-order valence-corrected chi connectivity index (χ1v) is 6.47. The normalized spacial score (nSPS) is 22.6. The number of carbonyl (C=O) groups excluding carboxylic acids is 1. The van der Waals surface area contributed by atoms with Crippen molar-refractivity contribution >= 4 is 11.9 Å². The van der Waals surface area contributed by atoms with Gasteiger partial charge in [0.05, 0.1) is 0 Å². The Morgan fingerprint density at radius 1 is 1.43 bits per heavy atom. The molecule has 0 saturated carbocycles. The van der Waals surface area contributed by atoms with Crippen molar-refractivity contribution in [3.63, 3.8) is 0 Å². The molecule has 0 aromatic carbocycles. The number of aliphatic carboxylic acids is 1. The van der Waals surface area contributed by atoms with E-state index >= 15 is 0 Å². The smallest absolute Gasteiger partial charge is 0.406 e. The van der Waals surface area contributed by atoms with Crippen LogP contribution in [0.25, 0.3) is 0 Å². The molecule has 1 aromatic rings. The van der Waals surface area contributed by atoms with Crippen molar-refractivity contribution in [2.24, 2.45) is 5.41 Å². The summed E-state index contributed by atoms with van der Waals surface area (Å²) >= 11 is 0. The van der Waals surface area contributed by atoms with Crippen molar-refractivity contribution in [1.82, 2.24) is 9.47 Å². The molecular formula is C13H15F3N2O3. The van der Waals surface area contributed by atoms with E-state index in [9.17, 15) is 22.8 Å². The summed E-state index contributed by atoms with van der Waals surface area (Å²) in [5.74, 6) is -2.51. The van der Waals surface area contributed by atoms with Crippen LogP contribution in [-0.2, 0) is 11.3 Å². The van der Waals surface area contributed by atoms with Crippen LogP contribution in [0.5, 0.6) is 0 Å². The highest BCUT2D eigenvalue weighted by molar-refractivity contribution is 5.93. The summed E-state index contributed by atoms with van der Waals surface area (Å²) in [5.41, 5.74) is -2.60. The minimum absolute atomic E-state index is 0.223. The van der Waals surface area contributed by atoms with Gasteiger partial charge in [0.25, 0.3) is 5.91 Å². The van der Waals surface area contributed by atoms with Crippen molar-refractivity contribution < 1.29 is 27.9 Å².